The molecule has 1 aliphatic carbocycles. The zero-order chi connectivity index (χ0) is 12.7. The molecule has 0 bridgehead atoms. The highest BCUT2D eigenvalue weighted by Crippen LogP contribution is 2.58. The lowest BCUT2D eigenvalue weighted by molar-refractivity contribution is 0.127. The molecule has 1 aliphatic heterocycles. The molecule has 2 fully saturated rings. The Morgan fingerprint density at radius 2 is 1.88 bits per heavy atom. The maximum atomic E-state index is 3.49. The van der Waals surface area contributed by atoms with E-state index in [1.54, 1.807) is 0 Å². The second kappa shape index (κ2) is 4.55. The van der Waals surface area contributed by atoms with E-state index in [0.29, 0.717) is 11.5 Å². The monoisotopic (exact) mass is 238 g/mol. The third kappa shape index (κ3) is 2.85. The van der Waals surface area contributed by atoms with Gasteiger partial charge in [-0.15, -0.1) is 0 Å². The van der Waals surface area contributed by atoms with Gasteiger partial charge in [0.1, 0.15) is 0 Å². The second-order valence-electron chi connectivity index (χ2n) is 7.49. The number of nitrogens with one attached hydrogen (secondary N) is 1. The van der Waals surface area contributed by atoms with E-state index in [1.807, 2.05) is 0 Å². The van der Waals surface area contributed by atoms with Gasteiger partial charge in [-0.25, -0.2) is 0 Å². The zero-order valence-electron chi connectivity index (χ0n) is 12.3. The summed E-state index contributed by atoms with van der Waals surface area (Å²) < 4.78 is 0. The molecule has 0 aromatic carbocycles. The summed E-state index contributed by atoms with van der Waals surface area (Å²) >= 11 is 0. The van der Waals surface area contributed by atoms with Crippen molar-refractivity contribution in [1.82, 2.24) is 10.2 Å². The summed E-state index contributed by atoms with van der Waals surface area (Å²) in [6.45, 7) is 13.2. The average molecular weight is 238 g/mol. The molecule has 1 spiro atoms. The molecule has 2 atom stereocenters. The van der Waals surface area contributed by atoms with Crippen molar-refractivity contribution < 1.29 is 0 Å². The number of hydrogen-bond acceptors (Lipinski definition) is 2. The molecular formula is C15H30N2. The van der Waals surface area contributed by atoms with Crippen LogP contribution in [0.2, 0.25) is 0 Å². The first-order chi connectivity index (χ1) is 7.85. The summed E-state index contributed by atoms with van der Waals surface area (Å²) in [4.78, 5) is 2.58. The van der Waals surface area contributed by atoms with E-state index in [-0.39, 0.29) is 0 Å². The number of rotatable bonds is 3. The smallest absolute Gasteiger partial charge is 0.0112 e. The topological polar surface area (TPSA) is 15.3 Å². The highest BCUT2D eigenvalue weighted by atomic mass is 15.1. The molecular weight excluding hydrogens is 208 g/mol. The van der Waals surface area contributed by atoms with Gasteiger partial charge in [-0.2, -0.15) is 0 Å². The molecule has 0 amide bonds. The minimum atomic E-state index is 0.394. The van der Waals surface area contributed by atoms with Gasteiger partial charge in [0.25, 0.3) is 0 Å². The van der Waals surface area contributed by atoms with Gasteiger partial charge in [-0.1, -0.05) is 20.8 Å². The maximum Gasteiger partial charge on any atom is 0.0112 e. The highest BCUT2D eigenvalue weighted by molar-refractivity contribution is 5.05. The van der Waals surface area contributed by atoms with E-state index in [1.165, 1.54) is 38.9 Å². The molecule has 2 rings (SSSR count). The van der Waals surface area contributed by atoms with Crippen LogP contribution in [-0.2, 0) is 0 Å². The molecule has 2 nitrogen and oxygen atoms in total. The normalized spacial score (nSPS) is 29.6. The van der Waals surface area contributed by atoms with Crippen LogP contribution in [0.25, 0.3) is 0 Å². The molecule has 100 valence electrons. The Hall–Kier alpha value is -0.0800. The van der Waals surface area contributed by atoms with Gasteiger partial charge in [0.15, 0.2) is 0 Å². The first-order valence-corrected chi connectivity index (χ1v) is 7.26. The first kappa shape index (κ1) is 13.4. The van der Waals surface area contributed by atoms with Gasteiger partial charge in [-0.3, -0.25) is 0 Å². The third-order valence-corrected chi connectivity index (χ3v) is 5.38. The van der Waals surface area contributed by atoms with Crippen molar-refractivity contribution in [1.29, 1.82) is 0 Å². The van der Waals surface area contributed by atoms with E-state index in [0.717, 1.165) is 11.3 Å². The predicted molar refractivity (Wildman–Crippen MR) is 74.2 cm³/mol. The van der Waals surface area contributed by atoms with Crippen LogP contribution in [-0.4, -0.2) is 37.6 Å². The van der Waals surface area contributed by atoms with Crippen LogP contribution in [0.3, 0.4) is 0 Å². The van der Waals surface area contributed by atoms with Gasteiger partial charge < -0.3 is 10.2 Å². The minimum absolute atomic E-state index is 0.394. The van der Waals surface area contributed by atoms with Gasteiger partial charge in [0, 0.05) is 12.6 Å². The Bertz CT molecular complexity index is 261. The Morgan fingerprint density at radius 1 is 1.29 bits per heavy atom. The van der Waals surface area contributed by atoms with Crippen LogP contribution < -0.4 is 5.32 Å². The lowest BCUT2D eigenvalue weighted by Crippen LogP contribution is -2.41. The molecule has 2 unspecified atom stereocenters. The number of nitrogens with zero attached hydrogens (tertiary/aromatic N) is 1. The number of piperidine rings is 1. The fraction of sp³-hybridized carbons (Fsp3) is 1.00. The van der Waals surface area contributed by atoms with E-state index in [9.17, 15) is 0 Å². The Morgan fingerprint density at radius 3 is 2.41 bits per heavy atom. The molecule has 1 N–H and O–H groups in total. The van der Waals surface area contributed by atoms with Crippen molar-refractivity contribution in [3.05, 3.63) is 0 Å². The summed E-state index contributed by atoms with van der Waals surface area (Å²) in [5.74, 6) is 0.972. The second-order valence-corrected chi connectivity index (χ2v) is 7.49. The predicted octanol–water partition coefficient (Wildman–Crippen LogP) is 2.74. The van der Waals surface area contributed by atoms with Crippen molar-refractivity contribution in [3.63, 3.8) is 0 Å². The lowest BCUT2D eigenvalue weighted by atomic mass is 9.86. The fourth-order valence-electron chi connectivity index (χ4n) is 3.39. The summed E-state index contributed by atoms with van der Waals surface area (Å²) in [6, 6.07) is 0.668. The summed E-state index contributed by atoms with van der Waals surface area (Å²) in [5.41, 5.74) is 1.13. The van der Waals surface area contributed by atoms with Gasteiger partial charge in [-0.05, 0) is 63.1 Å². The van der Waals surface area contributed by atoms with Crippen LogP contribution in [0, 0.1) is 16.7 Å². The zero-order valence-corrected chi connectivity index (χ0v) is 12.3. The fourth-order valence-corrected chi connectivity index (χ4v) is 3.39. The van der Waals surface area contributed by atoms with Gasteiger partial charge in [0.05, 0.1) is 0 Å². The number of hydrogen-bond donors (Lipinski definition) is 1. The van der Waals surface area contributed by atoms with Gasteiger partial charge >= 0.3 is 0 Å². The average Bonchev–Trinajstić information content (AvgIpc) is 2.89. The Balaban J connectivity index is 1.83. The molecule has 17 heavy (non-hydrogen) atoms. The lowest BCUT2D eigenvalue weighted by Gasteiger charge is -2.36. The molecule has 1 heterocycles. The van der Waals surface area contributed by atoms with Crippen LogP contribution >= 0.6 is 0 Å². The summed E-state index contributed by atoms with van der Waals surface area (Å²) in [6.07, 6.45) is 4.31. The van der Waals surface area contributed by atoms with Crippen molar-refractivity contribution in [2.75, 3.05) is 26.7 Å². The largest absolute Gasteiger partial charge is 0.317 e. The van der Waals surface area contributed by atoms with E-state index in [4.69, 9.17) is 0 Å². The molecule has 1 saturated heterocycles. The van der Waals surface area contributed by atoms with Crippen LogP contribution in [0.5, 0.6) is 0 Å². The first-order valence-electron chi connectivity index (χ1n) is 7.26. The van der Waals surface area contributed by atoms with Gasteiger partial charge in [0.2, 0.25) is 0 Å². The molecule has 2 aliphatic rings. The van der Waals surface area contributed by atoms with Crippen molar-refractivity contribution in [3.8, 4) is 0 Å². The minimum Gasteiger partial charge on any atom is -0.317 e. The summed E-state index contributed by atoms with van der Waals surface area (Å²) in [5, 5.41) is 3.49. The highest BCUT2D eigenvalue weighted by Gasteiger charge is 2.53. The standard InChI is InChI=1S/C15H30N2/c1-12(14(2,3)4)17(5)11-13-10-15(13)6-8-16-9-7-15/h12-13,16H,6-11H2,1-5H3. The van der Waals surface area contributed by atoms with Crippen LogP contribution in [0.15, 0.2) is 0 Å². The summed E-state index contributed by atoms with van der Waals surface area (Å²) in [7, 11) is 2.31. The maximum absolute atomic E-state index is 3.49. The Labute approximate surface area is 107 Å². The molecule has 0 aromatic rings. The van der Waals surface area contributed by atoms with E-state index >= 15 is 0 Å². The van der Waals surface area contributed by atoms with Crippen LogP contribution in [0.4, 0.5) is 0 Å². The molecule has 0 radical (unpaired) electrons. The third-order valence-electron chi connectivity index (χ3n) is 5.38. The van der Waals surface area contributed by atoms with E-state index in [2.05, 4.69) is 45.0 Å². The Kier molecular flexibility index (Phi) is 3.57. The quantitative estimate of drug-likeness (QED) is 0.813. The van der Waals surface area contributed by atoms with Crippen molar-refractivity contribution in [2.24, 2.45) is 16.7 Å². The molecule has 2 heteroatoms. The molecule has 0 aromatic heterocycles. The van der Waals surface area contributed by atoms with Crippen molar-refractivity contribution in [2.45, 2.75) is 53.0 Å². The van der Waals surface area contributed by atoms with Crippen molar-refractivity contribution >= 4 is 0 Å². The van der Waals surface area contributed by atoms with E-state index < -0.39 is 0 Å². The SMILES string of the molecule is CC(N(C)CC1CC12CCNCC2)C(C)(C)C. The van der Waals surface area contributed by atoms with Crippen LogP contribution in [0.1, 0.15) is 47.0 Å². The molecule has 1 saturated carbocycles.